The minimum atomic E-state index is -0.651. The Kier molecular flexibility index (Phi) is 7.39. The van der Waals surface area contributed by atoms with Gasteiger partial charge in [0.25, 0.3) is 5.69 Å². The number of rotatable bonds is 9. The molecule has 0 spiro atoms. The standard InChI is InChI=1S/C22H22ClN3O7/c1-5-12(2)32-21-16(23)6-13(7-17(21)30-3)11-24-25-22(27)19-9-14-8-15(26(28)29)10-18(31-4)20(14)33-19/h6-12H,5H2,1-4H3,(H,25,27). The highest BCUT2D eigenvalue weighted by Gasteiger charge is 2.19. The van der Waals surface area contributed by atoms with Crippen molar-refractivity contribution >= 4 is 40.4 Å². The molecule has 10 nitrogen and oxygen atoms in total. The lowest BCUT2D eigenvalue weighted by Gasteiger charge is -2.17. The number of ether oxygens (including phenoxy) is 3. The van der Waals surface area contributed by atoms with Gasteiger partial charge < -0.3 is 18.6 Å². The quantitative estimate of drug-likeness (QED) is 0.263. The number of carbonyl (C=O) groups excluding carboxylic acids is 1. The van der Waals surface area contributed by atoms with Crippen molar-refractivity contribution in [2.75, 3.05) is 14.2 Å². The Bertz CT molecular complexity index is 1220. The maximum absolute atomic E-state index is 12.5. The van der Waals surface area contributed by atoms with Gasteiger partial charge in [0.05, 0.1) is 42.6 Å². The Morgan fingerprint density at radius 3 is 2.61 bits per heavy atom. The lowest BCUT2D eigenvalue weighted by molar-refractivity contribution is -0.384. The molecule has 11 heteroatoms. The van der Waals surface area contributed by atoms with E-state index in [-0.39, 0.29) is 28.9 Å². The second kappa shape index (κ2) is 10.2. The Labute approximate surface area is 194 Å². The molecule has 174 valence electrons. The first-order valence-corrected chi connectivity index (χ1v) is 10.3. The molecule has 1 unspecified atom stereocenters. The summed E-state index contributed by atoms with van der Waals surface area (Å²) in [6, 6.07) is 7.18. The van der Waals surface area contributed by atoms with E-state index in [9.17, 15) is 14.9 Å². The Morgan fingerprint density at radius 1 is 1.24 bits per heavy atom. The fourth-order valence-electron chi connectivity index (χ4n) is 2.91. The summed E-state index contributed by atoms with van der Waals surface area (Å²) < 4.78 is 21.8. The van der Waals surface area contributed by atoms with E-state index >= 15 is 0 Å². The van der Waals surface area contributed by atoms with Crippen molar-refractivity contribution in [1.29, 1.82) is 0 Å². The largest absolute Gasteiger partial charge is 0.493 e. The number of non-ortho nitro benzene ring substituents is 1. The van der Waals surface area contributed by atoms with Crippen molar-refractivity contribution in [3.8, 4) is 17.2 Å². The minimum Gasteiger partial charge on any atom is -0.493 e. The highest BCUT2D eigenvalue weighted by molar-refractivity contribution is 6.32. The summed E-state index contributed by atoms with van der Waals surface area (Å²) >= 11 is 6.33. The second-order valence-electron chi connectivity index (χ2n) is 7.00. The van der Waals surface area contributed by atoms with Crippen LogP contribution in [0.5, 0.6) is 17.2 Å². The van der Waals surface area contributed by atoms with Gasteiger partial charge in [-0.05, 0) is 37.1 Å². The van der Waals surface area contributed by atoms with Gasteiger partial charge in [0.15, 0.2) is 28.6 Å². The minimum absolute atomic E-state index is 0.0425. The van der Waals surface area contributed by atoms with Crippen molar-refractivity contribution < 1.29 is 28.3 Å². The van der Waals surface area contributed by atoms with Crippen LogP contribution in [-0.2, 0) is 0 Å². The summed E-state index contributed by atoms with van der Waals surface area (Å²) in [4.78, 5) is 23.0. The molecule has 1 N–H and O–H groups in total. The number of benzene rings is 2. The van der Waals surface area contributed by atoms with Gasteiger partial charge >= 0.3 is 5.91 Å². The number of hydrogen-bond acceptors (Lipinski definition) is 8. The van der Waals surface area contributed by atoms with Crippen LogP contribution in [0.3, 0.4) is 0 Å². The smallest absolute Gasteiger partial charge is 0.307 e. The summed E-state index contributed by atoms with van der Waals surface area (Å²) in [5, 5.41) is 15.7. The SMILES string of the molecule is CCC(C)Oc1c(Cl)cc(C=NNC(=O)c2cc3cc([N+](=O)[O-])cc(OC)c3o2)cc1OC. The number of nitrogens with zero attached hydrogens (tertiary/aromatic N) is 2. The normalized spacial score (nSPS) is 12.0. The number of methoxy groups -OCH3 is 2. The van der Waals surface area contributed by atoms with Crippen molar-refractivity contribution in [1.82, 2.24) is 5.43 Å². The van der Waals surface area contributed by atoms with E-state index in [2.05, 4.69) is 10.5 Å². The third-order valence-corrected chi connectivity index (χ3v) is 5.03. The number of furan rings is 1. The van der Waals surface area contributed by atoms with E-state index in [4.69, 9.17) is 30.2 Å². The van der Waals surface area contributed by atoms with E-state index < -0.39 is 10.8 Å². The van der Waals surface area contributed by atoms with Gasteiger partial charge in [-0.1, -0.05) is 18.5 Å². The average Bonchev–Trinajstić information content (AvgIpc) is 3.24. The zero-order valence-electron chi connectivity index (χ0n) is 18.4. The number of nitro benzene ring substituents is 1. The molecule has 33 heavy (non-hydrogen) atoms. The van der Waals surface area contributed by atoms with E-state index in [1.54, 1.807) is 12.1 Å². The fraction of sp³-hybridized carbons (Fsp3) is 0.273. The first-order chi connectivity index (χ1) is 15.8. The molecular formula is C22H22ClN3O7. The molecule has 1 amide bonds. The van der Waals surface area contributed by atoms with Crippen LogP contribution >= 0.6 is 11.6 Å². The van der Waals surface area contributed by atoms with Crippen LogP contribution < -0.4 is 19.6 Å². The predicted molar refractivity (Wildman–Crippen MR) is 123 cm³/mol. The summed E-state index contributed by atoms with van der Waals surface area (Å²) in [5.41, 5.74) is 2.94. The molecule has 3 rings (SSSR count). The molecule has 0 aliphatic heterocycles. The zero-order valence-corrected chi connectivity index (χ0v) is 19.1. The van der Waals surface area contributed by atoms with Gasteiger partial charge in [0, 0.05) is 11.5 Å². The summed E-state index contributed by atoms with van der Waals surface area (Å²) in [6.45, 7) is 3.92. The molecule has 1 heterocycles. The molecule has 0 bridgehead atoms. The van der Waals surface area contributed by atoms with Crippen LogP contribution in [0.1, 0.15) is 36.4 Å². The first-order valence-electron chi connectivity index (χ1n) is 9.90. The maximum Gasteiger partial charge on any atom is 0.307 e. The molecule has 0 fully saturated rings. The Hall–Kier alpha value is -3.79. The molecule has 0 saturated carbocycles. The van der Waals surface area contributed by atoms with E-state index in [1.807, 2.05) is 13.8 Å². The molecule has 0 aliphatic rings. The lowest BCUT2D eigenvalue weighted by Crippen LogP contribution is -2.16. The third kappa shape index (κ3) is 5.35. The topological polar surface area (TPSA) is 125 Å². The van der Waals surface area contributed by atoms with Crippen molar-refractivity contribution in [2.45, 2.75) is 26.4 Å². The van der Waals surface area contributed by atoms with Crippen molar-refractivity contribution in [3.05, 3.63) is 56.8 Å². The van der Waals surface area contributed by atoms with Gasteiger partial charge in [-0.2, -0.15) is 5.10 Å². The molecule has 1 aromatic heterocycles. The lowest BCUT2D eigenvalue weighted by atomic mass is 10.2. The van der Waals surface area contributed by atoms with E-state index in [1.165, 1.54) is 38.6 Å². The van der Waals surface area contributed by atoms with E-state index in [0.717, 1.165) is 6.42 Å². The molecule has 1 atom stereocenters. The summed E-state index contributed by atoms with van der Waals surface area (Å²) in [7, 11) is 2.85. The van der Waals surface area contributed by atoms with Crippen LogP contribution in [-0.4, -0.2) is 37.4 Å². The fourth-order valence-corrected chi connectivity index (χ4v) is 3.17. The highest BCUT2D eigenvalue weighted by atomic mass is 35.5. The second-order valence-corrected chi connectivity index (χ2v) is 7.41. The van der Waals surface area contributed by atoms with Gasteiger partial charge in [-0.3, -0.25) is 14.9 Å². The van der Waals surface area contributed by atoms with Crippen LogP contribution in [0.15, 0.2) is 39.9 Å². The number of hydrogen-bond donors (Lipinski definition) is 1. The van der Waals surface area contributed by atoms with Crippen LogP contribution in [0.4, 0.5) is 5.69 Å². The Balaban J connectivity index is 1.79. The third-order valence-electron chi connectivity index (χ3n) is 4.75. The van der Waals surface area contributed by atoms with Gasteiger partial charge in [-0.25, -0.2) is 5.43 Å². The van der Waals surface area contributed by atoms with E-state index in [0.29, 0.717) is 27.5 Å². The molecule has 0 aliphatic carbocycles. The predicted octanol–water partition coefficient (Wildman–Crippen LogP) is 4.95. The number of nitrogens with one attached hydrogen (secondary N) is 1. The van der Waals surface area contributed by atoms with Crippen molar-refractivity contribution in [2.24, 2.45) is 5.10 Å². The monoisotopic (exact) mass is 475 g/mol. The number of carbonyl (C=O) groups is 1. The van der Waals surface area contributed by atoms with Crippen LogP contribution in [0.2, 0.25) is 5.02 Å². The Morgan fingerprint density at radius 2 is 1.97 bits per heavy atom. The number of halogens is 1. The summed E-state index contributed by atoms with van der Waals surface area (Å²) in [5.74, 6) is 0.264. The number of hydrazone groups is 1. The summed E-state index contributed by atoms with van der Waals surface area (Å²) in [6.07, 6.45) is 2.14. The van der Waals surface area contributed by atoms with Gasteiger partial charge in [0.2, 0.25) is 0 Å². The maximum atomic E-state index is 12.5. The van der Waals surface area contributed by atoms with Crippen molar-refractivity contribution in [3.63, 3.8) is 0 Å². The van der Waals surface area contributed by atoms with Crippen LogP contribution in [0.25, 0.3) is 11.0 Å². The molecule has 3 aromatic rings. The molecule has 0 saturated heterocycles. The molecule has 0 radical (unpaired) electrons. The molecule has 2 aromatic carbocycles. The number of nitro groups is 1. The first kappa shape index (κ1) is 23.9. The number of amides is 1. The van der Waals surface area contributed by atoms with Crippen LogP contribution in [0, 0.1) is 10.1 Å². The average molecular weight is 476 g/mol. The van der Waals surface area contributed by atoms with Gasteiger partial charge in [-0.15, -0.1) is 0 Å². The highest BCUT2D eigenvalue weighted by Crippen LogP contribution is 2.37. The van der Waals surface area contributed by atoms with Gasteiger partial charge in [0.1, 0.15) is 0 Å². The molecular weight excluding hydrogens is 454 g/mol. The zero-order chi connectivity index (χ0) is 24.1. The number of fused-ring (bicyclic) bond motifs is 1.